The monoisotopic (exact) mass is 507 g/mol. The number of carbonyl (C=O) groups excluding carboxylic acids is 1. The van der Waals surface area contributed by atoms with E-state index in [1.807, 2.05) is 41.5 Å². The van der Waals surface area contributed by atoms with E-state index in [-0.39, 0.29) is 6.61 Å². The van der Waals surface area contributed by atoms with E-state index < -0.39 is 23.5 Å². The second-order valence-electron chi connectivity index (χ2n) is 9.04. The summed E-state index contributed by atoms with van der Waals surface area (Å²) in [5.74, 6) is -0.580. The minimum absolute atomic E-state index is 0.224. The zero-order chi connectivity index (χ0) is 23.8. The van der Waals surface area contributed by atoms with E-state index in [0.717, 1.165) is 29.7 Å². The van der Waals surface area contributed by atoms with Gasteiger partial charge in [-0.1, -0.05) is 0 Å². The second kappa shape index (κ2) is 9.48. The number of aryl methyl sites for hydroxylation is 2. The highest BCUT2D eigenvalue weighted by Gasteiger charge is 2.35. The molecule has 1 atom stereocenters. The first-order valence-electron chi connectivity index (χ1n) is 10.9. The average molecular weight is 508 g/mol. The summed E-state index contributed by atoms with van der Waals surface area (Å²) in [6.45, 7) is 13.8. The molecule has 174 valence electrons. The lowest BCUT2D eigenvalue weighted by molar-refractivity contribution is -0.166. The number of hydrogen-bond acceptors (Lipinski definition) is 5. The van der Waals surface area contributed by atoms with Gasteiger partial charge in [-0.2, -0.15) is 0 Å². The Kier molecular flexibility index (Phi) is 7.30. The summed E-state index contributed by atoms with van der Waals surface area (Å²) in [5, 5.41) is 0. The van der Waals surface area contributed by atoms with Crippen LogP contribution in [0.25, 0.3) is 11.1 Å². The van der Waals surface area contributed by atoms with Gasteiger partial charge in [0.1, 0.15) is 0 Å². The second-order valence-corrected chi connectivity index (χ2v) is 9.83. The van der Waals surface area contributed by atoms with Gasteiger partial charge < -0.3 is 14.2 Å². The van der Waals surface area contributed by atoms with Crippen LogP contribution >= 0.6 is 15.9 Å². The maximum Gasteiger partial charge on any atom is 0.340 e. The number of hydrogen-bond donors (Lipinski definition) is 0. The van der Waals surface area contributed by atoms with Crippen LogP contribution in [-0.4, -0.2) is 29.8 Å². The Balaban J connectivity index is 2.35. The largest absolute Gasteiger partial charge is 0.490 e. The van der Waals surface area contributed by atoms with Crippen molar-refractivity contribution in [2.75, 3.05) is 13.2 Å². The summed E-state index contributed by atoms with van der Waals surface area (Å²) < 4.78 is 33.0. The lowest BCUT2D eigenvalue weighted by Gasteiger charge is -2.30. The van der Waals surface area contributed by atoms with Gasteiger partial charge in [-0.3, -0.25) is 4.98 Å². The molecule has 7 heteroatoms. The van der Waals surface area contributed by atoms with Gasteiger partial charge in [0.05, 0.1) is 24.5 Å². The molecule has 0 aliphatic carbocycles. The average Bonchev–Trinajstić information content (AvgIpc) is 2.71. The number of carbonyl (C=O) groups is 1. The van der Waals surface area contributed by atoms with Crippen molar-refractivity contribution in [3.05, 3.63) is 44.4 Å². The van der Waals surface area contributed by atoms with Crippen LogP contribution in [0.5, 0.6) is 5.75 Å². The van der Waals surface area contributed by atoms with Gasteiger partial charge in [0.15, 0.2) is 17.7 Å². The first-order valence-corrected chi connectivity index (χ1v) is 11.7. The van der Waals surface area contributed by atoms with E-state index in [9.17, 15) is 4.79 Å². The molecule has 1 aliphatic heterocycles. The maximum atomic E-state index is 15.1. The van der Waals surface area contributed by atoms with Crippen LogP contribution in [0.4, 0.5) is 4.39 Å². The number of halogens is 2. The third kappa shape index (κ3) is 4.84. The van der Waals surface area contributed by atoms with Gasteiger partial charge in [0.25, 0.3) is 0 Å². The topological polar surface area (TPSA) is 57.7 Å². The van der Waals surface area contributed by atoms with Crippen LogP contribution in [-0.2, 0) is 20.7 Å². The molecule has 0 spiro atoms. The number of esters is 1. The fourth-order valence-electron chi connectivity index (χ4n) is 4.14. The van der Waals surface area contributed by atoms with Crippen molar-refractivity contribution in [3.63, 3.8) is 0 Å². The Hall–Kier alpha value is -1.99. The molecule has 0 saturated heterocycles. The number of aromatic nitrogens is 1. The van der Waals surface area contributed by atoms with Crippen molar-refractivity contribution < 1.29 is 23.4 Å². The molecule has 5 nitrogen and oxygen atoms in total. The highest BCUT2D eigenvalue weighted by molar-refractivity contribution is 9.10. The number of rotatable bonds is 5. The van der Waals surface area contributed by atoms with Crippen molar-refractivity contribution >= 4 is 21.9 Å². The highest BCUT2D eigenvalue weighted by atomic mass is 79.9. The first kappa shape index (κ1) is 24.6. The molecule has 2 heterocycles. The zero-order valence-corrected chi connectivity index (χ0v) is 21.4. The van der Waals surface area contributed by atoms with Gasteiger partial charge in [0, 0.05) is 26.9 Å². The van der Waals surface area contributed by atoms with E-state index in [1.54, 1.807) is 6.92 Å². The molecule has 1 aromatic carbocycles. The van der Waals surface area contributed by atoms with E-state index >= 15 is 4.39 Å². The molecule has 3 rings (SSSR count). The van der Waals surface area contributed by atoms with Gasteiger partial charge in [-0.05, 0) is 94.4 Å². The summed E-state index contributed by atoms with van der Waals surface area (Å²) in [5.41, 5.74) is 4.51. The van der Waals surface area contributed by atoms with Crippen LogP contribution in [0.2, 0.25) is 0 Å². The van der Waals surface area contributed by atoms with E-state index in [0.29, 0.717) is 39.2 Å². The van der Waals surface area contributed by atoms with Gasteiger partial charge in [-0.25, -0.2) is 9.18 Å². The normalized spacial score (nSPS) is 14.5. The SMILES string of the molecule is CCOC(=O)[C@@H](OC(C)(C)C)c1c(C)nc(C)c(Br)c1-c1cc(F)c2c(c1C)CCCO2. The molecule has 0 radical (unpaired) electrons. The fourth-order valence-corrected chi connectivity index (χ4v) is 4.65. The summed E-state index contributed by atoms with van der Waals surface area (Å²) >= 11 is 3.67. The summed E-state index contributed by atoms with van der Waals surface area (Å²) in [6, 6.07) is 1.49. The molecule has 32 heavy (non-hydrogen) atoms. The first-order chi connectivity index (χ1) is 15.0. The Labute approximate surface area is 197 Å². The van der Waals surface area contributed by atoms with Crippen LogP contribution in [0, 0.1) is 26.6 Å². The van der Waals surface area contributed by atoms with E-state index in [2.05, 4.69) is 20.9 Å². The molecular formula is C25H31BrFNO4. The van der Waals surface area contributed by atoms with Gasteiger partial charge in [-0.15, -0.1) is 0 Å². The van der Waals surface area contributed by atoms with Crippen molar-refractivity contribution in [1.29, 1.82) is 0 Å². The fraction of sp³-hybridized carbons (Fsp3) is 0.520. The van der Waals surface area contributed by atoms with Gasteiger partial charge in [0.2, 0.25) is 0 Å². The molecule has 0 amide bonds. The van der Waals surface area contributed by atoms with Crippen molar-refractivity contribution in [3.8, 4) is 16.9 Å². The smallest absolute Gasteiger partial charge is 0.340 e. The van der Waals surface area contributed by atoms with Crippen LogP contribution in [0.1, 0.15) is 68.3 Å². The standard InChI is InChI=1S/C25H31BrFNO4/c1-8-30-24(29)23(32-25(5,6)7)19-14(3)28-15(4)21(26)20(19)17-12-18(27)22-16(13(17)2)10-9-11-31-22/h12,23H,8-11H2,1-7H3/t23-/m0/s1. The number of pyridine rings is 1. The molecule has 0 bridgehead atoms. The molecule has 1 aromatic heterocycles. The van der Waals surface area contributed by atoms with E-state index in [1.165, 1.54) is 6.07 Å². The summed E-state index contributed by atoms with van der Waals surface area (Å²) in [7, 11) is 0. The van der Waals surface area contributed by atoms with Gasteiger partial charge >= 0.3 is 5.97 Å². The Morgan fingerprint density at radius 3 is 2.59 bits per heavy atom. The number of benzene rings is 1. The summed E-state index contributed by atoms with van der Waals surface area (Å²) in [6.07, 6.45) is 0.559. The molecule has 2 aromatic rings. The zero-order valence-electron chi connectivity index (χ0n) is 19.8. The minimum Gasteiger partial charge on any atom is -0.490 e. The van der Waals surface area contributed by atoms with Crippen molar-refractivity contribution in [2.45, 2.75) is 73.0 Å². The van der Waals surface area contributed by atoms with Crippen molar-refractivity contribution in [1.82, 2.24) is 4.98 Å². The van der Waals surface area contributed by atoms with Crippen molar-refractivity contribution in [2.24, 2.45) is 0 Å². The van der Waals surface area contributed by atoms with E-state index in [4.69, 9.17) is 14.2 Å². The van der Waals surface area contributed by atoms with Crippen LogP contribution in [0.15, 0.2) is 10.5 Å². The van der Waals surface area contributed by atoms with Crippen LogP contribution < -0.4 is 4.74 Å². The van der Waals surface area contributed by atoms with Crippen LogP contribution in [0.3, 0.4) is 0 Å². The lowest BCUT2D eigenvalue weighted by Crippen LogP contribution is -2.30. The summed E-state index contributed by atoms with van der Waals surface area (Å²) in [4.78, 5) is 17.7. The molecule has 0 N–H and O–H groups in total. The molecule has 0 fully saturated rings. The number of fused-ring (bicyclic) bond motifs is 1. The molecule has 0 unspecified atom stereocenters. The Morgan fingerprint density at radius 1 is 1.28 bits per heavy atom. The minimum atomic E-state index is -1.01. The third-order valence-corrected chi connectivity index (χ3v) is 6.44. The molecule has 0 saturated carbocycles. The Bertz CT molecular complexity index is 1050. The Morgan fingerprint density at radius 2 is 1.97 bits per heavy atom. The number of ether oxygens (including phenoxy) is 3. The predicted octanol–water partition coefficient (Wildman–Crippen LogP) is 6.32. The molecular weight excluding hydrogens is 477 g/mol. The molecule has 1 aliphatic rings. The number of nitrogens with zero attached hydrogens (tertiary/aromatic N) is 1. The quantitative estimate of drug-likeness (QED) is 0.443. The highest BCUT2D eigenvalue weighted by Crippen LogP contribution is 2.45. The lowest BCUT2D eigenvalue weighted by atomic mass is 9.87. The maximum absolute atomic E-state index is 15.1. The third-order valence-electron chi connectivity index (χ3n) is 5.47. The predicted molar refractivity (Wildman–Crippen MR) is 126 cm³/mol.